The molecule has 1 fully saturated rings. The molecule has 1 aliphatic heterocycles. The van der Waals surface area contributed by atoms with Gasteiger partial charge in [-0.2, -0.15) is 0 Å². The maximum Gasteiger partial charge on any atom is 0.168 e. The van der Waals surface area contributed by atoms with E-state index in [1.165, 1.54) is 6.42 Å². The molecule has 0 radical (unpaired) electrons. The Bertz CT molecular complexity index is 224. The zero-order valence-corrected chi connectivity index (χ0v) is 12.8. The summed E-state index contributed by atoms with van der Waals surface area (Å²) in [5, 5.41) is 0. The lowest BCUT2D eigenvalue weighted by atomic mass is 9.72. The van der Waals surface area contributed by atoms with Crippen LogP contribution >= 0.6 is 0 Å². The van der Waals surface area contributed by atoms with Gasteiger partial charge in [-0.1, -0.05) is 13.8 Å². The van der Waals surface area contributed by atoms with Crippen LogP contribution in [0.1, 0.15) is 53.9 Å². The first kappa shape index (κ1) is 15.9. The molecule has 0 N–H and O–H groups in total. The molecule has 0 aromatic heterocycles. The normalized spacial score (nSPS) is 20.5. The SMILES string of the molecule is CCOC(C)(OCC)C(CC)CC1(CC)COC1. The van der Waals surface area contributed by atoms with Gasteiger partial charge in [0.2, 0.25) is 0 Å². The topological polar surface area (TPSA) is 27.7 Å². The van der Waals surface area contributed by atoms with Gasteiger partial charge in [-0.25, -0.2) is 0 Å². The van der Waals surface area contributed by atoms with E-state index in [9.17, 15) is 0 Å². The molecule has 0 spiro atoms. The van der Waals surface area contributed by atoms with Gasteiger partial charge in [0.15, 0.2) is 5.79 Å². The van der Waals surface area contributed by atoms with Crippen LogP contribution in [0.2, 0.25) is 0 Å². The van der Waals surface area contributed by atoms with Crippen LogP contribution in [-0.4, -0.2) is 32.2 Å². The molecule has 1 unspecified atom stereocenters. The monoisotopic (exact) mass is 258 g/mol. The maximum atomic E-state index is 5.92. The Balaban J connectivity index is 2.72. The summed E-state index contributed by atoms with van der Waals surface area (Å²) in [4.78, 5) is 0. The molecule has 0 aromatic rings. The standard InChI is InChI=1S/C15H30O3/c1-6-13(10-15(7-2)11-16-12-15)14(5,17-8-3)18-9-4/h13H,6-12H2,1-5H3. The summed E-state index contributed by atoms with van der Waals surface area (Å²) in [6.45, 7) is 13.8. The highest BCUT2D eigenvalue weighted by molar-refractivity contribution is 4.89. The van der Waals surface area contributed by atoms with E-state index in [1.54, 1.807) is 0 Å². The van der Waals surface area contributed by atoms with E-state index in [1.807, 2.05) is 13.8 Å². The molecule has 1 heterocycles. The summed E-state index contributed by atoms with van der Waals surface area (Å²) in [5.74, 6) is -0.0167. The maximum absolute atomic E-state index is 5.92. The first-order valence-corrected chi connectivity index (χ1v) is 7.41. The zero-order valence-electron chi connectivity index (χ0n) is 12.8. The molecule has 0 saturated carbocycles. The van der Waals surface area contributed by atoms with Gasteiger partial charge in [-0.3, -0.25) is 0 Å². The van der Waals surface area contributed by atoms with E-state index in [4.69, 9.17) is 14.2 Å². The molecule has 0 aliphatic carbocycles. The predicted octanol–water partition coefficient (Wildman–Crippen LogP) is 3.62. The second kappa shape index (κ2) is 6.88. The van der Waals surface area contributed by atoms with Crippen LogP contribution in [0.5, 0.6) is 0 Å². The highest BCUT2D eigenvalue weighted by atomic mass is 16.7. The molecule has 1 aliphatic rings. The number of hydrogen-bond donors (Lipinski definition) is 0. The van der Waals surface area contributed by atoms with Gasteiger partial charge < -0.3 is 14.2 Å². The smallest absolute Gasteiger partial charge is 0.168 e. The Morgan fingerprint density at radius 2 is 1.67 bits per heavy atom. The molecule has 108 valence electrons. The fourth-order valence-corrected chi connectivity index (χ4v) is 2.93. The fraction of sp³-hybridized carbons (Fsp3) is 1.00. The average Bonchev–Trinajstić information content (AvgIpc) is 2.29. The molecule has 0 bridgehead atoms. The van der Waals surface area contributed by atoms with Crippen LogP contribution < -0.4 is 0 Å². The quantitative estimate of drug-likeness (QED) is 0.591. The van der Waals surface area contributed by atoms with Gasteiger partial charge in [0.25, 0.3) is 0 Å². The fourth-order valence-electron chi connectivity index (χ4n) is 2.93. The van der Waals surface area contributed by atoms with E-state index in [-0.39, 0.29) is 0 Å². The van der Waals surface area contributed by atoms with E-state index in [0.717, 1.165) is 26.1 Å². The Morgan fingerprint density at radius 3 is 1.94 bits per heavy atom. The molecule has 3 nitrogen and oxygen atoms in total. The second-order valence-electron chi connectivity index (χ2n) is 5.54. The van der Waals surface area contributed by atoms with Crippen LogP contribution in [0.25, 0.3) is 0 Å². The summed E-state index contributed by atoms with van der Waals surface area (Å²) in [5.41, 5.74) is 0.357. The largest absolute Gasteiger partial charge is 0.380 e. The lowest BCUT2D eigenvalue weighted by molar-refractivity contribution is -0.265. The number of ether oxygens (including phenoxy) is 3. The van der Waals surface area contributed by atoms with Crippen molar-refractivity contribution in [3.05, 3.63) is 0 Å². The van der Waals surface area contributed by atoms with Crippen molar-refractivity contribution in [2.24, 2.45) is 11.3 Å². The average molecular weight is 258 g/mol. The van der Waals surface area contributed by atoms with Crippen molar-refractivity contribution in [2.75, 3.05) is 26.4 Å². The van der Waals surface area contributed by atoms with Gasteiger partial charge in [-0.15, -0.1) is 0 Å². The predicted molar refractivity (Wildman–Crippen MR) is 73.6 cm³/mol. The molecule has 1 saturated heterocycles. The first-order valence-electron chi connectivity index (χ1n) is 7.41. The third-order valence-corrected chi connectivity index (χ3v) is 4.34. The summed E-state index contributed by atoms with van der Waals surface area (Å²) >= 11 is 0. The Hall–Kier alpha value is -0.120. The van der Waals surface area contributed by atoms with Crippen molar-refractivity contribution in [3.63, 3.8) is 0 Å². The summed E-state index contributed by atoms with van der Waals surface area (Å²) in [6.07, 6.45) is 3.40. The first-order chi connectivity index (χ1) is 8.55. The van der Waals surface area contributed by atoms with Crippen molar-refractivity contribution >= 4 is 0 Å². The zero-order chi connectivity index (χ0) is 13.6. The van der Waals surface area contributed by atoms with Crippen LogP contribution in [-0.2, 0) is 14.2 Å². The van der Waals surface area contributed by atoms with Crippen LogP contribution in [0.15, 0.2) is 0 Å². The number of hydrogen-bond acceptors (Lipinski definition) is 3. The molecule has 1 rings (SSSR count). The molecule has 0 aromatic carbocycles. The molecule has 1 atom stereocenters. The second-order valence-corrected chi connectivity index (χ2v) is 5.54. The molecular weight excluding hydrogens is 228 g/mol. The summed E-state index contributed by atoms with van der Waals surface area (Å²) < 4.78 is 17.3. The van der Waals surface area contributed by atoms with Crippen molar-refractivity contribution < 1.29 is 14.2 Å². The highest BCUT2D eigenvalue weighted by Crippen LogP contribution is 2.43. The van der Waals surface area contributed by atoms with Crippen molar-refractivity contribution in [3.8, 4) is 0 Å². The van der Waals surface area contributed by atoms with Crippen molar-refractivity contribution in [1.29, 1.82) is 0 Å². The summed E-state index contributed by atoms with van der Waals surface area (Å²) in [7, 11) is 0. The third kappa shape index (κ3) is 3.46. The van der Waals surface area contributed by atoms with Gasteiger partial charge in [0.05, 0.1) is 13.2 Å². The minimum Gasteiger partial charge on any atom is -0.380 e. The van der Waals surface area contributed by atoms with Gasteiger partial charge in [0, 0.05) is 24.5 Å². The molecular formula is C15H30O3. The van der Waals surface area contributed by atoms with E-state index >= 15 is 0 Å². The minimum absolute atomic E-state index is 0.357. The van der Waals surface area contributed by atoms with E-state index in [2.05, 4.69) is 20.8 Å². The highest BCUT2D eigenvalue weighted by Gasteiger charge is 2.44. The lowest BCUT2D eigenvalue weighted by Crippen LogP contribution is -2.49. The Labute approximate surface area is 112 Å². The third-order valence-electron chi connectivity index (χ3n) is 4.34. The van der Waals surface area contributed by atoms with Crippen molar-refractivity contribution in [2.45, 2.75) is 59.7 Å². The number of rotatable bonds is 9. The van der Waals surface area contributed by atoms with E-state index in [0.29, 0.717) is 24.5 Å². The molecule has 3 heteroatoms. The Morgan fingerprint density at radius 1 is 1.11 bits per heavy atom. The molecule has 0 amide bonds. The van der Waals surface area contributed by atoms with E-state index < -0.39 is 5.79 Å². The lowest BCUT2D eigenvalue weighted by Gasteiger charge is -2.47. The Kier molecular flexibility index (Phi) is 6.09. The van der Waals surface area contributed by atoms with Gasteiger partial charge >= 0.3 is 0 Å². The van der Waals surface area contributed by atoms with Gasteiger partial charge in [-0.05, 0) is 40.0 Å². The van der Waals surface area contributed by atoms with Crippen LogP contribution in [0.3, 0.4) is 0 Å². The molecule has 18 heavy (non-hydrogen) atoms. The summed E-state index contributed by atoms with van der Waals surface area (Å²) in [6, 6.07) is 0. The minimum atomic E-state index is -0.448. The van der Waals surface area contributed by atoms with Gasteiger partial charge in [0.1, 0.15) is 0 Å². The van der Waals surface area contributed by atoms with Crippen LogP contribution in [0, 0.1) is 11.3 Å². The van der Waals surface area contributed by atoms with Crippen molar-refractivity contribution in [1.82, 2.24) is 0 Å². The van der Waals surface area contributed by atoms with Crippen LogP contribution in [0.4, 0.5) is 0 Å².